The first-order valence-electron chi connectivity index (χ1n) is 10.7. The molecule has 1 spiro atoms. The van der Waals surface area contributed by atoms with E-state index in [1.54, 1.807) is 0 Å². The van der Waals surface area contributed by atoms with Crippen molar-refractivity contribution in [2.45, 2.75) is 52.1 Å². The van der Waals surface area contributed by atoms with Gasteiger partial charge in [0.1, 0.15) is 0 Å². The van der Waals surface area contributed by atoms with Crippen LogP contribution in [0.5, 0.6) is 0 Å². The Balaban J connectivity index is 1.54. The first-order valence-corrected chi connectivity index (χ1v) is 10.7. The summed E-state index contributed by atoms with van der Waals surface area (Å²) in [5, 5.41) is 1.34. The second-order valence-corrected chi connectivity index (χ2v) is 8.86. The largest absolute Gasteiger partial charge is 0.357 e. The number of hydrogen-bond donors (Lipinski definition) is 1. The highest BCUT2D eigenvalue weighted by molar-refractivity contribution is 5.85. The van der Waals surface area contributed by atoms with Crippen molar-refractivity contribution in [1.82, 2.24) is 19.7 Å². The van der Waals surface area contributed by atoms with E-state index in [0.717, 1.165) is 52.1 Å². The summed E-state index contributed by atoms with van der Waals surface area (Å²) in [5.74, 6) is 0.326. The van der Waals surface area contributed by atoms with Crippen molar-refractivity contribution in [1.29, 1.82) is 0 Å². The number of likely N-dealkylation sites (tertiary alicyclic amines) is 1. The van der Waals surface area contributed by atoms with Gasteiger partial charge in [0.15, 0.2) is 0 Å². The number of aromatic amines is 1. The zero-order chi connectivity index (χ0) is 19.9. The lowest BCUT2D eigenvalue weighted by Gasteiger charge is -2.49. The highest BCUT2D eigenvalue weighted by atomic mass is 16.2. The van der Waals surface area contributed by atoms with Crippen LogP contribution in [0.1, 0.15) is 43.0 Å². The average molecular weight is 383 g/mol. The molecule has 0 bridgehead atoms. The van der Waals surface area contributed by atoms with Crippen LogP contribution in [0.4, 0.5) is 0 Å². The third-order valence-electron chi connectivity index (χ3n) is 7.16. The Bertz CT molecular complexity index is 873. The Morgan fingerprint density at radius 3 is 2.75 bits per heavy atom. The number of carbonyl (C=O) groups excluding carboxylic acids is 1. The van der Waals surface area contributed by atoms with Crippen LogP contribution in [-0.2, 0) is 11.3 Å². The minimum Gasteiger partial charge on any atom is -0.357 e. The Kier molecular flexibility index (Phi) is 5.23. The number of piperazine rings is 1. The Morgan fingerprint density at radius 1 is 1.14 bits per heavy atom. The lowest BCUT2D eigenvalue weighted by atomic mass is 9.86. The van der Waals surface area contributed by atoms with Crippen molar-refractivity contribution in [2.24, 2.45) is 0 Å². The van der Waals surface area contributed by atoms with E-state index >= 15 is 0 Å². The molecule has 1 aromatic heterocycles. The molecular formula is C23H34N4O. The van der Waals surface area contributed by atoms with Crippen molar-refractivity contribution in [3.8, 4) is 0 Å². The van der Waals surface area contributed by atoms with Crippen molar-refractivity contribution in [3.63, 3.8) is 0 Å². The topological polar surface area (TPSA) is 42.6 Å². The van der Waals surface area contributed by atoms with Gasteiger partial charge in [0, 0.05) is 67.8 Å². The van der Waals surface area contributed by atoms with Gasteiger partial charge in [-0.1, -0.05) is 11.6 Å². The van der Waals surface area contributed by atoms with E-state index in [9.17, 15) is 4.79 Å². The van der Waals surface area contributed by atoms with Gasteiger partial charge in [0.25, 0.3) is 0 Å². The molecule has 152 valence electrons. The number of nitrogens with zero attached hydrogens (tertiary/aromatic N) is 3. The maximum atomic E-state index is 12.4. The summed E-state index contributed by atoms with van der Waals surface area (Å²) in [6.45, 7) is 12.4. The minimum absolute atomic E-state index is 0.119. The van der Waals surface area contributed by atoms with Gasteiger partial charge in [-0.05, 0) is 58.4 Å². The monoisotopic (exact) mass is 382 g/mol. The lowest BCUT2D eigenvalue weighted by molar-refractivity contribution is -0.130. The summed E-state index contributed by atoms with van der Waals surface area (Å²) in [4.78, 5) is 23.2. The second kappa shape index (κ2) is 7.53. The standard InChI is InChI=1S/C23H34N4O/c1-5-27-11-10-23(9-8-22(27)28)16-26(13-12-25(23)4)15-21-18(3)19-14-17(2)6-7-20(19)24-21/h6-7,14,24H,5,8-13,15-16H2,1-4H3/t23-/m0/s1. The fraction of sp³-hybridized carbons (Fsp3) is 0.609. The Labute approximate surface area is 168 Å². The smallest absolute Gasteiger partial charge is 0.222 e. The van der Waals surface area contributed by atoms with Crippen LogP contribution in [0.25, 0.3) is 10.9 Å². The van der Waals surface area contributed by atoms with Gasteiger partial charge in [0.2, 0.25) is 5.91 Å². The molecule has 0 radical (unpaired) electrons. The summed E-state index contributed by atoms with van der Waals surface area (Å²) < 4.78 is 0. The Hall–Kier alpha value is -1.85. The molecule has 1 atom stereocenters. The van der Waals surface area contributed by atoms with Crippen molar-refractivity contribution in [2.75, 3.05) is 39.8 Å². The zero-order valence-corrected chi connectivity index (χ0v) is 17.8. The van der Waals surface area contributed by atoms with Gasteiger partial charge in [-0.15, -0.1) is 0 Å². The summed E-state index contributed by atoms with van der Waals surface area (Å²) in [6.07, 6.45) is 2.72. The molecule has 2 aliphatic rings. The fourth-order valence-electron chi connectivity index (χ4n) is 5.12. The van der Waals surface area contributed by atoms with Crippen LogP contribution in [0.15, 0.2) is 18.2 Å². The normalized spacial score (nSPS) is 25.0. The first kappa shape index (κ1) is 19.5. The molecule has 2 aliphatic heterocycles. The van der Waals surface area contributed by atoms with E-state index in [0.29, 0.717) is 12.3 Å². The zero-order valence-electron chi connectivity index (χ0n) is 17.8. The maximum Gasteiger partial charge on any atom is 0.222 e. The van der Waals surface area contributed by atoms with E-state index in [-0.39, 0.29) is 5.54 Å². The molecule has 1 amide bonds. The number of benzene rings is 1. The van der Waals surface area contributed by atoms with Crippen LogP contribution >= 0.6 is 0 Å². The molecule has 0 aliphatic carbocycles. The summed E-state index contributed by atoms with van der Waals surface area (Å²) in [6, 6.07) is 6.66. The summed E-state index contributed by atoms with van der Waals surface area (Å²) in [7, 11) is 2.25. The van der Waals surface area contributed by atoms with Gasteiger partial charge >= 0.3 is 0 Å². The molecule has 5 heteroatoms. The third-order valence-corrected chi connectivity index (χ3v) is 7.16. The molecule has 1 aromatic carbocycles. The molecule has 3 heterocycles. The number of carbonyl (C=O) groups is 1. The number of likely N-dealkylation sites (N-methyl/N-ethyl adjacent to an activating group) is 1. The Morgan fingerprint density at radius 2 is 1.96 bits per heavy atom. The van der Waals surface area contributed by atoms with Crippen LogP contribution in [0.2, 0.25) is 0 Å². The second-order valence-electron chi connectivity index (χ2n) is 8.86. The molecule has 28 heavy (non-hydrogen) atoms. The number of hydrogen-bond acceptors (Lipinski definition) is 3. The number of H-pyrrole nitrogens is 1. The van der Waals surface area contributed by atoms with Crippen LogP contribution < -0.4 is 0 Å². The van der Waals surface area contributed by atoms with Gasteiger partial charge in [-0.2, -0.15) is 0 Å². The van der Waals surface area contributed by atoms with Gasteiger partial charge in [0.05, 0.1) is 0 Å². The number of aryl methyl sites for hydroxylation is 2. The molecular weight excluding hydrogens is 348 g/mol. The number of fused-ring (bicyclic) bond motifs is 1. The molecule has 1 N–H and O–H groups in total. The molecule has 2 fully saturated rings. The fourth-order valence-corrected chi connectivity index (χ4v) is 5.12. The molecule has 5 nitrogen and oxygen atoms in total. The summed E-state index contributed by atoms with van der Waals surface area (Å²) >= 11 is 0. The number of nitrogens with one attached hydrogen (secondary N) is 1. The highest BCUT2D eigenvalue weighted by Gasteiger charge is 2.42. The number of aromatic nitrogens is 1. The predicted molar refractivity (Wildman–Crippen MR) is 115 cm³/mol. The molecule has 4 rings (SSSR count). The van der Waals surface area contributed by atoms with E-state index in [1.165, 1.54) is 27.7 Å². The van der Waals surface area contributed by atoms with E-state index in [4.69, 9.17) is 0 Å². The SMILES string of the molecule is CCN1CC[C@@]2(CCC1=O)CN(Cc1[nH]c3ccc(C)cc3c1C)CCN2C. The molecule has 0 unspecified atom stereocenters. The van der Waals surface area contributed by atoms with Crippen LogP contribution in [0, 0.1) is 13.8 Å². The highest BCUT2D eigenvalue weighted by Crippen LogP contribution is 2.33. The van der Waals surface area contributed by atoms with Crippen molar-refractivity contribution in [3.05, 3.63) is 35.0 Å². The first-order chi connectivity index (χ1) is 13.4. The predicted octanol–water partition coefficient (Wildman–Crippen LogP) is 3.30. The molecule has 2 saturated heterocycles. The van der Waals surface area contributed by atoms with Gasteiger partial charge in [-0.3, -0.25) is 14.6 Å². The number of rotatable bonds is 3. The lowest BCUT2D eigenvalue weighted by Crippen LogP contribution is -2.60. The van der Waals surface area contributed by atoms with Gasteiger partial charge in [-0.25, -0.2) is 0 Å². The van der Waals surface area contributed by atoms with Gasteiger partial charge < -0.3 is 9.88 Å². The van der Waals surface area contributed by atoms with E-state index in [2.05, 4.69) is 60.8 Å². The quantitative estimate of drug-likeness (QED) is 0.886. The molecule has 2 aromatic rings. The van der Waals surface area contributed by atoms with E-state index < -0.39 is 0 Å². The average Bonchev–Trinajstić information content (AvgIpc) is 2.88. The van der Waals surface area contributed by atoms with Crippen molar-refractivity contribution < 1.29 is 4.79 Å². The molecule has 0 saturated carbocycles. The number of amides is 1. The van der Waals surface area contributed by atoms with Crippen molar-refractivity contribution >= 4 is 16.8 Å². The van der Waals surface area contributed by atoms with E-state index in [1.807, 2.05) is 4.90 Å². The minimum atomic E-state index is 0.119. The summed E-state index contributed by atoms with van der Waals surface area (Å²) in [5.41, 5.74) is 5.37. The maximum absolute atomic E-state index is 12.4. The van der Waals surface area contributed by atoms with Crippen LogP contribution in [0.3, 0.4) is 0 Å². The third kappa shape index (κ3) is 3.46. The van der Waals surface area contributed by atoms with Crippen LogP contribution in [-0.4, -0.2) is 70.9 Å².